The fourth-order valence-corrected chi connectivity index (χ4v) is 3.33. The van der Waals surface area contributed by atoms with Crippen molar-refractivity contribution in [2.45, 2.75) is 31.8 Å². The van der Waals surface area contributed by atoms with Gasteiger partial charge in [0.15, 0.2) is 0 Å². The van der Waals surface area contributed by atoms with Gasteiger partial charge in [-0.1, -0.05) is 0 Å². The zero-order chi connectivity index (χ0) is 13.2. The minimum atomic E-state index is -0.486. The van der Waals surface area contributed by atoms with Gasteiger partial charge in [0.1, 0.15) is 0 Å². The zero-order valence-corrected chi connectivity index (χ0v) is 12.6. The lowest BCUT2D eigenvalue weighted by molar-refractivity contribution is 0.155. The first kappa shape index (κ1) is 13.8. The van der Waals surface area contributed by atoms with Crippen molar-refractivity contribution in [3.05, 3.63) is 20.8 Å². The smallest absolute Gasteiger partial charge is 0.315 e. The number of hydrogen-bond acceptors (Lipinski definition) is 3. The molecule has 18 heavy (non-hydrogen) atoms. The Hall–Kier alpha value is -0.590. The molecule has 2 amide bonds. The Balaban J connectivity index is 1.81. The second-order valence-electron chi connectivity index (χ2n) is 4.86. The normalized spacial score (nSPS) is 18.2. The van der Waals surface area contributed by atoms with Crippen LogP contribution in [0, 0.1) is 5.92 Å². The second kappa shape index (κ2) is 5.59. The van der Waals surface area contributed by atoms with Crippen LogP contribution in [-0.2, 0) is 6.54 Å². The molecule has 3 N–H and O–H groups in total. The van der Waals surface area contributed by atoms with Crippen LogP contribution in [0.4, 0.5) is 4.79 Å². The molecule has 100 valence electrons. The lowest BCUT2D eigenvalue weighted by Gasteiger charge is -2.28. The fourth-order valence-electron chi connectivity index (χ4n) is 1.91. The van der Waals surface area contributed by atoms with Crippen LogP contribution in [0.3, 0.4) is 0 Å². The summed E-state index contributed by atoms with van der Waals surface area (Å²) >= 11 is 4.98. The van der Waals surface area contributed by atoms with Crippen LogP contribution in [-0.4, -0.2) is 23.3 Å². The number of halogens is 1. The van der Waals surface area contributed by atoms with E-state index in [1.54, 1.807) is 11.3 Å². The minimum absolute atomic E-state index is 0.0182. The summed E-state index contributed by atoms with van der Waals surface area (Å²) in [5.41, 5.74) is -0.486. The second-order valence-corrected chi connectivity index (χ2v) is 7.41. The molecule has 1 aromatic heterocycles. The first-order valence-corrected chi connectivity index (χ1v) is 7.55. The molecule has 0 aliphatic heterocycles. The van der Waals surface area contributed by atoms with Gasteiger partial charge in [0.2, 0.25) is 0 Å². The van der Waals surface area contributed by atoms with E-state index in [-0.39, 0.29) is 12.6 Å². The van der Waals surface area contributed by atoms with E-state index in [2.05, 4.69) is 26.6 Å². The molecule has 1 atom stereocenters. The molecule has 0 aromatic carbocycles. The van der Waals surface area contributed by atoms with Crippen molar-refractivity contribution in [1.29, 1.82) is 0 Å². The highest BCUT2D eigenvalue weighted by Gasteiger charge is 2.42. The highest BCUT2D eigenvalue weighted by molar-refractivity contribution is 9.11. The summed E-state index contributed by atoms with van der Waals surface area (Å²) in [6.45, 7) is 2.38. The van der Waals surface area contributed by atoms with Crippen LogP contribution in [0.2, 0.25) is 0 Å². The average molecular weight is 333 g/mol. The summed E-state index contributed by atoms with van der Waals surface area (Å²) in [4.78, 5) is 12.9. The number of nitrogens with one attached hydrogen (secondary N) is 2. The molecule has 1 aromatic rings. The predicted octanol–water partition coefficient (Wildman–Crippen LogP) is 2.47. The predicted molar refractivity (Wildman–Crippen MR) is 75.6 cm³/mol. The largest absolute Gasteiger partial charge is 0.394 e. The fraction of sp³-hybridized carbons (Fsp3) is 0.583. The number of carbonyl (C=O) groups is 1. The van der Waals surface area contributed by atoms with Crippen LogP contribution < -0.4 is 10.6 Å². The number of aliphatic hydroxyl groups is 1. The Morgan fingerprint density at radius 2 is 2.33 bits per heavy atom. The molecule has 1 aliphatic rings. The van der Waals surface area contributed by atoms with Gasteiger partial charge in [0.25, 0.3) is 0 Å². The van der Waals surface area contributed by atoms with Crippen molar-refractivity contribution in [2.75, 3.05) is 6.61 Å². The average Bonchev–Trinajstić information content (AvgIpc) is 3.11. The molecular formula is C12H17BrN2O2S. The molecule has 1 heterocycles. The Morgan fingerprint density at radius 3 is 2.83 bits per heavy atom. The lowest BCUT2D eigenvalue weighted by Crippen LogP contribution is -2.53. The van der Waals surface area contributed by atoms with Crippen molar-refractivity contribution in [3.63, 3.8) is 0 Å². The van der Waals surface area contributed by atoms with E-state index in [9.17, 15) is 9.90 Å². The van der Waals surface area contributed by atoms with Crippen molar-refractivity contribution >= 4 is 33.3 Å². The number of rotatable bonds is 5. The first-order chi connectivity index (χ1) is 8.53. The summed E-state index contributed by atoms with van der Waals surface area (Å²) in [7, 11) is 0. The molecule has 0 bridgehead atoms. The molecule has 0 spiro atoms. The number of carbonyl (C=O) groups excluding carboxylic acids is 1. The Morgan fingerprint density at radius 1 is 1.61 bits per heavy atom. The van der Waals surface area contributed by atoms with Crippen LogP contribution in [0.1, 0.15) is 24.6 Å². The number of hydrogen-bond donors (Lipinski definition) is 3. The van der Waals surface area contributed by atoms with E-state index in [1.165, 1.54) is 0 Å². The molecule has 4 nitrogen and oxygen atoms in total. The highest BCUT2D eigenvalue weighted by Crippen LogP contribution is 2.39. The first-order valence-electron chi connectivity index (χ1n) is 5.94. The third-order valence-electron chi connectivity index (χ3n) is 3.26. The molecule has 2 rings (SSSR count). The van der Waals surface area contributed by atoms with Gasteiger partial charge in [-0.2, -0.15) is 0 Å². The molecule has 1 saturated carbocycles. The Labute approximate surface area is 119 Å². The van der Waals surface area contributed by atoms with Crippen molar-refractivity contribution in [3.8, 4) is 0 Å². The lowest BCUT2D eigenvalue weighted by atomic mass is 9.97. The van der Waals surface area contributed by atoms with Gasteiger partial charge in [-0.15, -0.1) is 11.3 Å². The van der Waals surface area contributed by atoms with E-state index in [1.807, 2.05) is 19.1 Å². The van der Waals surface area contributed by atoms with Crippen molar-refractivity contribution in [2.24, 2.45) is 5.92 Å². The van der Waals surface area contributed by atoms with Gasteiger partial charge in [0, 0.05) is 4.88 Å². The topological polar surface area (TPSA) is 61.4 Å². The summed E-state index contributed by atoms with van der Waals surface area (Å²) < 4.78 is 1.05. The standard InChI is InChI=1S/C12H17BrN2O2S/c1-12(7-16,8-2-3-8)15-11(17)14-6-9-4-5-10(13)18-9/h4-5,8,16H,2-3,6-7H2,1H3,(H2,14,15,17)/t12-/m0/s1. The van der Waals surface area contributed by atoms with Crippen molar-refractivity contribution in [1.82, 2.24) is 10.6 Å². The summed E-state index contributed by atoms with van der Waals surface area (Å²) in [6, 6.07) is 3.71. The molecule has 0 saturated heterocycles. The molecule has 1 aliphatic carbocycles. The minimum Gasteiger partial charge on any atom is -0.394 e. The van der Waals surface area contributed by atoms with Crippen LogP contribution in [0.5, 0.6) is 0 Å². The van der Waals surface area contributed by atoms with Crippen LogP contribution in [0.25, 0.3) is 0 Å². The van der Waals surface area contributed by atoms with Gasteiger partial charge >= 0.3 is 6.03 Å². The molecule has 6 heteroatoms. The number of urea groups is 1. The van der Waals surface area contributed by atoms with Gasteiger partial charge in [-0.3, -0.25) is 0 Å². The molecule has 0 unspecified atom stereocenters. The maximum atomic E-state index is 11.8. The van der Waals surface area contributed by atoms with E-state index in [0.29, 0.717) is 12.5 Å². The SMILES string of the molecule is C[C@@](CO)(NC(=O)NCc1ccc(Br)s1)C1CC1. The number of thiophene rings is 1. The number of aliphatic hydroxyl groups excluding tert-OH is 1. The zero-order valence-electron chi connectivity index (χ0n) is 10.2. The molecule has 0 radical (unpaired) electrons. The van der Waals surface area contributed by atoms with E-state index in [0.717, 1.165) is 21.5 Å². The van der Waals surface area contributed by atoms with Gasteiger partial charge in [-0.25, -0.2) is 4.79 Å². The summed E-state index contributed by atoms with van der Waals surface area (Å²) in [5.74, 6) is 0.407. The third kappa shape index (κ3) is 3.46. The van der Waals surface area contributed by atoms with Crippen molar-refractivity contribution < 1.29 is 9.90 Å². The number of amides is 2. The maximum Gasteiger partial charge on any atom is 0.315 e. The maximum absolute atomic E-state index is 11.8. The van der Waals surface area contributed by atoms with Crippen LogP contribution >= 0.6 is 27.3 Å². The van der Waals surface area contributed by atoms with Crippen LogP contribution in [0.15, 0.2) is 15.9 Å². The third-order valence-corrected chi connectivity index (χ3v) is 4.88. The Kier molecular flexibility index (Phi) is 4.29. The van der Waals surface area contributed by atoms with Gasteiger partial charge in [-0.05, 0) is 53.7 Å². The van der Waals surface area contributed by atoms with Gasteiger partial charge < -0.3 is 15.7 Å². The summed E-state index contributed by atoms with van der Waals surface area (Å²) in [6.07, 6.45) is 2.16. The monoisotopic (exact) mass is 332 g/mol. The van der Waals surface area contributed by atoms with E-state index < -0.39 is 5.54 Å². The van der Waals surface area contributed by atoms with Gasteiger partial charge in [0.05, 0.1) is 22.5 Å². The van der Waals surface area contributed by atoms with E-state index in [4.69, 9.17) is 0 Å². The summed E-state index contributed by atoms with van der Waals surface area (Å²) in [5, 5.41) is 15.1. The van der Waals surface area contributed by atoms with E-state index >= 15 is 0 Å². The molecule has 1 fully saturated rings. The molecular weight excluding hydrogens is 316 g/mol. The highest BCUT2D eigenvalue weighted by atomic mass is 79.9. The quantitative estimate of drug-likeness (QED) is 0.775. The Bertz CT molecular complexity index is 433.